The number of hydrogen-bond acceptors (Lipinski definition) is 1. The molecule has 0 spiro atoms. The van der Waals surface area contributed by atoms with Gasteiger partial charge in [0.25, 0.3) is 0 Å². The lowest BCUT2D eigenvalue weighted by Gasteiger charge is -2.10. The molecular formula is C8H15N3. The molecule has 0 amide bonds. The molecule has 3 heteroatoms. The summed E-state index contributed by atoms with van der Waals surface area (Å²) in [5, 5.41) is 2.91. The van der Waals surface area contributed by atoms with E-state index in [9.17, 15) is 0 Å². The van der Waals surface area contributed by atoms with Crippen molar-refractivity contribution >= 4 is 5.96 Å². The Balaban J connectivity index is 3.83. The van der Waals surface area contributed by atoms with Gasteiger partial charge in [0, 0.05) is 6.54 Å². The first-order valence-corrected chi connectivity index (χ1v) is 3.77. The molecule has 0 aromatic carbocycles. The van der Waals surface area contributed by atoms with E-state index in [4.69, 9.17) is 12.2 Å². The van der Waals surface area contributed by atoms with Gasteiger partial charge < -0.3 is 11.1 Å². The molecule has 3 N–H and O–H groups in total. The van der Waals surface area contributed by atoms with Gasteiger partial charge in [-0.15, -0.1) is 6.42 Å². The van der Waals surface area contributed by atoms with Gasteiger partial charge in [-0.3, -0.25) is 4.99 Å². The molecule has 0 aliphatic carbocycles. The number of hydrogen-bond donors (Lipinski definition) is 2. The van der Waals surface area contributed by atoms with Crippen molar-refractivity contribution in [2.24, 2.45) is 10.7 Å². The minimum absolute atomic E-state index is 0.00491. The Morgan fingerprint density at radius 2 is 2.36 bits per heavy atom. The van der Waals surface area contributed by atoms with Gasteiger partial charge in [0.15, 0.2) is 5.96 Å². The molecule has 0 aromatic heterocycles. The molecule has 1 unspecified atom stereocenters. The van der Waals surface area contributed by atoms with Crippen LogP contribution in [0.3, 0.4) is 0 Å². The molecule has 0 bridgehead atoms. The molecule has 0 saturated heterocycles. The first kappa shape index (κ1) is 9.83. The quantitative estimate of drug-likeness (QED) is 0.348. The van der Waals surface area contributed by atoms with E-state index < -0.39 is 0 Å². The molecule has 62 valence electrons. The third-order valence-corrected chi connectivity index (χ3v) is 1.26. The first-order chi connectivity index (χ1) is 5.24. The zero-order chi connectivity index (χ0) is 8.69. The normalized spacial score (nSPS) is 13.7. The van der Waals surface area contributed by atoms with Gasteiger partial charge >= 0.3 is 0 Å². The van der Waals surface area contributed by atoms with Crippen LogP contribution in [0.2, 0.25) is 0 Å². The summed E-state index contributed by atoms with van der Waals surface area (Å²) >= 11 is 0. The second-order valence-electron chi connectivity index (χ2n) is 2.13. The van der Waals surface area contributed by atoms with Crippen molar-refractivity contribution in [1.82, 2.24) is 5.32 Å². The molecule has 1 atom stereocenters. The van der Waals surface area contributed by atoms with Crippen molar-refractivity contribution in [3.63, 3.8) is 0 Å². The van der Waals surface area contributed by atoms with E-state index in [1.54, 1.807) is 0 Å². The zero-order valence-electron chi connectivity index (χ0n) is 7.09. The summed E-state index contributed by atoms with van der Waals surface area (Å²) in [5.41, 5.74) is 5.48. The van der Waals surface area contributed by atoms with Crippen molar-refractivity contribution in [2.75, 3.05) is 6.54 Å². The summed E-state index contributed by atoms with van der Waals surface area (Å²) in [6, 6.07) is 0.00491. The largest absolute Gasteiger partial charge is 0.370 e. The van der Waals surface area contributed by atoms with Gasteiger partial charge in [0.2, 0.25) is 0 Å². The van der Waals surface area contributed by atoms with Gasteiger partial charge in [-0.25, -0.2) is 0 Å². The molecule has 0 aromatic rings. The van der Waals surface area contributed by atoms with Crippen LogP contribution in [-0.2, 0) is 0 Å². The van der Waals surface area contributed by atoms with Crippen LogP contribution >= 0.6 is 0 Å². The number of nitrogens with one attached hydrogen (secondary N) is 1. The maximum absolute atomic E-state index is 5.48. The predicted molar refractivity (Wildman–Crippen MR) is 48.2 cm³/mol. The SMILES string of the molecule is C#CC(CC)NC(N)=NCC. The third kappa shape index (κ3) is 4.26. The fourth-order valence-electron chi connectivity index (χ4n) is 0.656. The summed E-state index contributed by atoms with van der Waals surface area (Å²) < 4.78 is 0. The highest BCUT2D eigenvalue weighted by Gasteiger charge is 1.99. The van der Waals surface area contributed by atoms with Crippen molar-refractivity contribution in [3.05, 3.63) is 0 Å². The molecular weight excluding hydrogens is 138 g/mol. The van der Waals surface area contributed by atoms with Crippen LogP contribution in [0.1, 0.15) is 20.3 Å². The Morgan fingerprint density at radius 3 is 2.73 bits per heavy atom. The van der Waals surface area contributed by atoms with Crippen molar-refractivity contribution < 1.29 is 0 Å². The molecule has 3 nitrogen and oxygen atoms in total. The number of nitrogens with two attached hydrogens (primary N) is 1. The average molecular weight is 153 g/mol. The number of terminal acetylenes is 1. The highest BCUT2D eigenvalue weighted by atomic mass is 15.1. The van der Waals surface area contributed by atoms with Gasteiger partial charge in [-0.2, -0.15) is 0 Å². The summed E-state index contributed by atoms with van der Waals surface area (Å²) in [5.74, 6) is 3.00. The van der Waals surface area contributed by atoms with Crippen LogP contribution in [0.5, 0.6) is 0 Å². The smallest absolute Gasteiger partial charge is 0.189 e. The fourth-order valence-corrected chi connectivity index (χ4v) is 0.656. The Morgan fingerprint density at radius 1 is 1.73 bits per heavy atom. The number of guanidine groups is 1. The average Bonchev–Trinajstić information content (AvgIpc) is 2.01. The summed E-state index contributed by atoms with van der Waals surface area (Å²) in [7, 11) is 0. The number of aliphatic imine (C=N–C) groups is 1. The first-order valence-electron chi connectivity index (χ1n) is 3.77. The standard InChI is InChI=1S/C8H15N3/c1-4-7(5-2)11-8(9)10-6-3/h1,7H,5-6H2,2-3H3,(H3,9,10,11). The van der Waals surface area contributed by atoms with Crippen molar-refractivity contribution in [2.45, 2.75) is 26.3 Å². The van der Waals surface area contributed by atoms with E-state index in [1.807, 2.05) is 13.8 Å². The predicted octanol–water partition coefficient (Wildman–Crippen LogP) is 0.322. The second kappa shape index (κ2) is 5.60. The molecule has 0 fully saturated rings. The molecule has 0 saturated carbocycles. The molecule has 0 radical (unpaired) electrons. The Bertz CT molecular complexity index is 167. The Kier molecular flexibility index (Phi) is 5.01. The van der Waals surface area contributed by atoms with Gasteiger partial charge in [0.05, 0.1) is 6.04 Å². The topological polar surface area (TPSA) is 50.4 Å². The monoisotopic (exact) mass is 153 g/mol. The van der Waals surface area contributed by atoms with Crippen molar-refractivity contribution in [1.29, 1.82) is 0 Å². The Hall–Kier alpha value is -1.17. The number of nitrogens with zero attached hydrogens (tertiary/aromatic N) is 1. The summed E-state index contributed by atoms with van der Waals surface area (Å²) in [6.07, 6.45) is 6.06. The van der Waals surface area contributed by atoms with Crippen LogP contribution in [0.4, 0.5) is 0 Å². The molecule has 0 rings (SSSR count). The van der Waals surface area contributed by atoms with Crippen LogP contribution in [0.25, 0.3) is 0 Å². The van der Waals surface area contributed by atoms with Crippen LogP contribution in [0, 0.1) is 12.3 Å². The third-order valence-electron chi connectivity index (χ3n) is 1.26. The number of rotatable bonds is 3. The second-order valence-corrected chi connectivity index (χ2v) is 2.13. The Labute approximate surface area is 68.1 Å². The lowest BCUT2D eigenvalue weighted by atomic mass is 10.2. The van der Waals surface area contributed by atoms with E-state index in [0.29, 0.717) is 12.5 Å². The van der Waals surface area contributed by atoms with Crippen LogP contribution in [0.15, 0.2) is 4.99 Å². The lowest BCUT2D eigenvalue weighted by Crippen LogP contribution is -2.38. The summed E-state index contributed by atoms with van der Waals surface area (Å²) in [6.45, 7) is 4.60. The summed E-state index contributed by atoms with van der Waals surface area (Å²) in [4.78, 5) is 3.95. The minimum Gasteiger partial charge on any atom is -0.370 e. The highest BCUT2D eigenvalue weighted by molar-refractivity contribution is 5.78. The van der Waals surface area contributed by atoms with E-state index in [-0.39, 0.29) is 6.04 Å². The zero-order valence-corrected chi connectivity index (χ0v) is 7.09. The molecule has 0 aliphatic heterocycles. The van der Waals surface area contributed by atoms with E-state index >= 15 is 0 Å². The van der Waals surface area contributed by atoms with Crippen LogP contribution < -0.4 is 11.1 Å². The minimum atomic E-state index is 0.00491. The highest BCUT2D eigenvalue weighted by Crippen LogP contribution is 1.86. The van der Waals surface area contributed by atoms with Crippen LogP contribution in [-0.4, -0.2) is 18.5 Å². The molecule has 0 aliphatic rings. The maximum atomic E-state index is 5.48. The molecule has 0 heterocycles. The fraction of sp³-hybridized carbons (Fsp3) is 0.625. The van der Waals surface area contributed by atoms with E-state index in [2.05, 4.69) is 16.2 Å². The van der Waals surface area contributed by atoms with E-state index in [0.717, 1.165) is 6.42 Å². The molecule has 11 heavy (non-hydrogen) atoms. The van der Waals surface area contributed by atoms with Gasteiger partial charge in [-0.1, -0.05) is 12.8 Å². The van der Waals surface area contributed by atoms with Crippen molar-refractivity contribution in [3.8, 4) is 12.3 Å². The lowest BCUT2D eigenvalue weighted by molar-refractivity contribution is 0.716. The van der Waals surface area contributed by atoms with Gasteiger partial charge in [-0.05, 0) is 13.3 Å². The maximum Gasteiger partial charge on any atom is 0.189 e. The van der Waals surface area contributed by atoms with Gasteiger partial charge in [0.1, 0.15) is 0 Å². The van der Waals surface area contributed by atoms with E-state index in [1.165, 1.54) is 0 Å².